The van der Waals surface area contributed by atoms with Gasteiger partial charge < -0.3 is 5.32 Å². The Kier molecular flexibility index (Phi) is 5.57. The van der Waals surface area contributed by atoms with Crippen molar-refractivity contribution in [2.45, 2.75) is 32.7 Å². The standard InChI is InChI=1S/C15H24N2O2S/c1-2-16-10-5-6-12-20(18,19)17-11-9-14-7-3-4-8-15(14)13-17/h3-4,7-8,16H,2,5-6,9-13H2,1H3. The van der Waals surface area contributed by atoms with Crippen molar-refractivity contribution in [3.05, 3.63) is 35.4 Å². The maximum Gasteiger partial charge on any atom is 0.214 e. The summed E-state index contributed by atoms with van der Waals surface area (Å²) in [6, 6.07) is 8.12. The first-order valence-corrected chi connectivity index (χ1v) is 8.99. The van der Waals surface area contributed by atoms with Crippen LogP contribution in [0.5, 0.6) is 0 Å². The second-order valence-corrected chi connectivity index (χ2v) is 7.32. The van der Waals surface area contributed by atoms with Crippen LogP contribution in [0.1, 0.15) is 30.9 Å². The first kappa shape index (κ1) is 15.5. The Bertz CT molecular complexity index is 528. The number of fused-ring (bicyclic) bond motifs is 1. The van der Waals surface area contributed by atoms with Gasteiger partial charge in [0.2, 0.25) is 10.0 Å². The number of nitrogens with one attached hydrogen (secondary N) is 1. The zero-order valence-electron chi connectivity index (χ0n) is 12.1. The highest BCUT2D eigenvalue weighted by molar-refractivity contribution is 7.89. The van der Waals surface area contributed by atoms with Crippen LogP contribution < -0.4 is 5.32 Å². The minimum absolute atomic E-state index is 0.264. The minimum Gasteiger partial charge on any atom is -0.317 e. The van der Waals surface area contributed by atoms with Gasteiger partial charge in [0.05, 0.1) is 5.75 Å². The number of nitrogens with zero attached hydrogens (tertiary/aromatic N) is 1. The fraction of sp³-hybridized carbons (Fsp3) is 0.600. The van der Waals surface area contributed by atoms with E-state index in [4.69, 9.17) is 0 Å². The minimum atomic E-state index is -3.11. The van der Waals surface area contributed by atoms with Crippen molar-refractivity contribution in [1.29, 1.82) is 0 Å². The lowest BCUT2D eigenvalue weighted by molar-refractivity contribution is 0.390. The average Bonchev–Trinajstić information content (AvgIpc) is 2.46. The van der Waals surface area contributed by atoms with Gasteiger partial charge in [-0.15, -0.1) is 0 Å². The van der Waals surface area contributed by atoms with Crippen molar-refractivity contribution < 1.29 is 8.42 Å². The molecule has 1 N–H and O–H groups in total. The summed E-state index contributed by atoms with van der Waals surface area (Å²) in [6.45, 7) is 5.05. The zero-order chi connectivity index (χ0) is 14.4. The third-order valence-electron chi connectivity index (χ3n) is 3.74. The third kappa shape index (κ3) is 4.04. The third-order valence-corrected chi connectivity index (χ3v) is 5.65. The molecule has 0 aromatic heterocycles. The molecular formula is C15H24N2O2S. The van der Waals surface area contributed by atoms with Crippen molar-refractivity contribution in [1.82, 2.24) is 9.62 Å². The summed E-state index contributed by atoms with van der Waals surface area (Å²) in [7, 11) is -3.11. The maximum atomic E-state index is 12.3. The van der Waals surface area contributed by atoms with Gasteiger partial charge in [-0.2, -0.15) is 4.31 Å². The molecule has 0 aliphatic carbocycles. The molecule has 112 valence electrons. The smallest absolute Gasteiger partial charge is 0.214 e. The van der Waals surface area contributed by atoms with Gasteiger partial charge in [-0.25, -0.2) is 8.42 Å². The Balaban J connectivity index is 1.88. The summed E-state index contributed by atoms with van der Waals surface area (Å²) < 4.78 is 26.3. The molecule has 0 spiro atoms. The van der Waals surface area contributed by atoms with E-state index in [2.05, 4.69) is 18.3 Å². The molecule has 20 heavy (non-hydrogen) atoms. The lowest BCUT2D eigenvalue weighted by Crippen LogP contribution is -2.37. The summed E-state index contributed by atoms with van der Waals surface area (Å²) in [6.07, 6.45) is 2.47. The fourth-order valence-corrected chi connectivity index (χ4v) is 4.08. The fourth-order valence-electron chi connectivity index (χ4n) is 2.55. The molecule has 0 fully saturated rings. The maximum absolute atomic E-state index is 12.3. The second-order valence-electron chi connectivity index (χ2n) is 5.23. The largest absolute Gasteiger partial charge is 0.317 e. The molecule has 1 aromatic rings. The molecule has 0 amide bonds. The Morgan fingerprint density at radius 2 is 1.95 bits per heavy atom. The van der Waals surface area contributed by atoms with Crippen molar-refractivity contribution in [2.24, 2.45) is 0 Å². The number of unbranched alkanes of at least 4 members (excludes halogenated alkanes) is 1. The Hall–Kier alpha value is -0.910. The molecule has 5 heteroatoms. The van der Waals surface area contributed by atoms with Gasteiger partial charge in [0.15, 0.2) is 0 Å². The van der Waals surface area contributed by atoms with E-state index in [9.17, 15) is 8.42 Å². The topological polar surface area (TPSA) is 49.4 Å². The number of hydrogen-bond donors (Lipinski definition) is 1. The molecule has 0 saturated heterocycles. The summed E-state index contributed by atoms with van der Waals surface area (Å²) in [5.74, 6) is 0.264. The van der Waals surface area contributed by atoms with Crippen LogP contribution in [0.4, 0.5) is 0 Å². The first-order valence-electron chi connectivity index (χ1n) is 7.39. The number of sulfonamides is 1. The van der Waals surface area contributed by atoms with E-state index in [-0.39, 0.29) is 5.75 Å². The molecule has 1 aliphatic heterocycles. The van der Waals surface area contributed by atoms with Gasteiger partial charge >= 0.3 is 0 Å². The normalized spacial score (nSPS) is 16.1. The second kappa shape index (κ2) is 7.20. The highest BCUT2D eigenvalue weighted by atomic mass is 32.2. The first-order chi connectivity index (χ1) is 9.63. The summed E-state index contributed by atoms with van der Waals surface area (Å²) in [5.41, 5.74) is 2.43. The molecule has 0 radical (unpaired) electrons. The van der Waals surface area contributed by atoms with Crippen LogP contribution in [0, 0.1) is 0 Å². The van der Waals surface area contributed by atoms with E-state index >= 15 is 0 Å². The number of hydrogen-bond acceptors (Lipinski definition) is 3. The van der Waals surface area contributed by atoms with Crippen molar-refractivity contribution >= 4 is 10.0 Å². The summed E-state index contributed by atoms with van der Waals surface area (Å²) >= 11 is 0. The Morgan fingerprint density at radius 3 is 2.70 bits per heavy atom. The molecule has 1 aliphatic rings. The van der Waals surface area contributed by atoms with Crippen LogP contribution in [0.3, 0.4) is 0 Å². The Morgan fingerprint density at radius 1 is 1.20 bits per heavy atom. The van der Waals surface area contributed by atoms with E-state index < -0.39 is 10.0 Å². The summed E-state index contributed by atoms with van der Waals surface area (Å²) in [4.78, 5) is 0. The molecule has 0 atom stereocenters. The highest BCUT2D eigenvalue weighted by Crippen LogP contribution is 2.21. The monoisotopic (exact) mass is 296 g/mol. The molecule has 0 saturated carbocycles. The van der Waals surface area contributed by atoms with Gasteiger partial charge in [0.25, 0.3) is 0 Å². The van der Waals surface area contributed by atoms with E-state index in [1.54, 1.807) is 4.31 Å². The molecule has 0 unspecified atom stereocenters. The van der Waals surface area contributed by atoms with Crippen molar-refractivity contribution in [2.75, 3.05) is 25.4 Å². The average molecular weight is 296 g/mol. The number of rotatable bonds is 7. The molecule has 1 heterocycles. The summed E-state index contributed by atoms with van der Waals surface area (Å²) in [5, 5.41) is 3.22. The number of benzene rings is 1. The highest BCUT2D eigenvalue weighted by Gasteiger charge is 2.25. The van der Waals surface area contributed by atoms with Crippen LogP contribution in [-0.2, 0) is 23.0 Å². The van der Waals surface area contributed by atoms with Crippen LogP contribution in [0.25, 0.3) is 0 Å². The van der Waals surface area contributed by atoms with E-state index in [0.29, 0.717) is 13.1 Å². The molecule has 4 nitrogen and oxygen atoms in total. The van der Waals surface area contributed by atoms with E-state index in [1.165, 1.54) is 5.56 Å². The zero-order valence-corrected chi connectivity index (χ0v) is 13.0. The van der Waals surface area contributed by atoms with Gasteiger partial charge in [-0.05, 0) is 43.5 Å². The quantitative estimate of drug-likeness (QED) is 0.780. The van der Waals surface area contributed by atoms with Crippen molar-refractivity contribution in [3.63, 3.8) is 0 Å². The van der Waals surface area contributed by atoms with Gasteiger partial charge in [0.1, 0.15) is 0 Å². The Labute approximate surface area is 122 Å². The molecular weight excluding hydrogens is 272 g/mol. The molecule has 1 aromatic carbocycles. The van der Waals surface area contributed by atoms with E-state index in [1.807, 2.05) is 18.2 Å². The van der Waals surface area contributed by atoms with Crippen LogP contribution >= 0.6 is 0 Å². The molecule has 2 rings (SSSR count). The lowest BCUT2D eigenvalue weighted by Gasteiger charge is -2.28. The van der Waals surface area contributed by atoms with E-state index in [0.717, 1.165) is 37.9 Å². The predicted octanol–water partition coefficient (Wildman–Crippen LogP) is 1.76. The lowest BCUT2D eigenvalue weighted by atomic mass is 10.0. The van der Waals surface area contributed by atoms with Gasteiger partial charge in [-0.1, -0.05) is 31.2 Å². The van der Waals surface area contributed by atoms with Crippen LogP contribution in [0.15, 0.2) is 24.3 Å². The predicted molar refractivity (Wildman–Crippen MR) is 82.1 cm³/mol. The van der Waals surface area contributed by atoms with Crippen LogP contribution in [-0.4, -0.2) is 38.1 Å². The van der Waals surface area contributed by atoms with Crippen molar-refractivity contribution in [3.8, 4) is 0 Å². The van der Waals surface area contributed by atoms with Crippen LogP contribution in [0.2, 0.25) is 0 Å². The van der Waals surface area contributed by atoms with Gasteiger partial charge in [-0.3, -0.25) is 0 Å². The SMILES string of the molecule is CCNCCCCS(=O)(=O)N1CCc2ccccc2C1. The van der Waals surface area contributed by atoms with Gasteiger partial charge in [0, 0.05) is 13.1 Å². The molecule has 0 bridgehead atoms.